The van der Waals surface area contributed by atoms with Gasteiger partial charge in [-0.05, 0) is 106 Å². The zero-order valence-electron chi connectivity index (χ0n) is 28.2. The summed E-state index contributed by atoms with van der Waals surface area (Å²) in [6.07, 6.45) is 0. The van der Waals surface area contributed by atoms with Crippen LogP contribution in [0.4, 0.5) is 0 Å². The largest absolute Gasteiger partial charge is 0.309 e. The van der Waals surface area contributed by atoms with Crippen molar-refractivity contribution in [1.29, 1.82) is 5.26 Å². The van der Waals surface area contributed by atoms with E-state index in [0.29, 0.717) is 5.56 Å². The first-order chi connectivity index (χ1) is 25.7. The molecule has 3 nitrogen and oxygen atoms in total. The van der Waals surface area contributed by atoms with Crippen molar-refractivity contribution in [3.05, 3.63) is 194 Å². The van der Waals surface area contributed by atoms with Gasteiger partial charge in [-0.2, -0.15) is 5.26 Å². The van der Waals surface area contributed by atoms with Gasteiger partial charge in [0.05, 0.1) is 33.7 Å². The van der Waals surface area contributed by atoms with Crippen molar-refractivity contribution in [2.75, 3.05) is 0 Å². The van der Waals surface area contributed by atoms with Crippen LogP contribution >= 0.6 is 0 Å². The van der Waals surface area contributed by atoms with Crippen molar-refractivity contribution in [2.24, 2.45) is 0 Å². The lowest BCUT2D eigenvalue weighted by Gasteiger charge is -2.10. The van der Waals surface area contributed by atoms with Gasteiger partial charge in [0.15, 0.2) is 0 Å². The molecule has 0 spiro atoms. The van der Waals surface area contributed by atoms with E-state index in [0.717, 1.165) is 44.3 Å². The summed E-state index contributed by atoms with van der Waals surface area (Å²) >= 11 is 0. The van der Waals surface area contributed by atoms with Crippen LogP contribution in [0.5, 0.6) is 0 Å². The Hall–Kier alpha value is -7.15. The molecule has 0 bridgehead atoms. The molecule has 8 aromatic carbocycles. The Balaban J connectivity index is 1.15. The van der Waals surface area contributed by atoms with Crippen LogP contribution in [0.2, 0.25) is 0 Å². The molecule has 10 aromatic rings. The third-order valence-electron chi connectivity index (χ3n) is 10.3. The van der Waals surface area contributed by atoms with Crippen LogP contribution in [0.3, 0.4) is 0 Å². The minimum Gasteiger partial charge on any atom is -0.309 e. The average molecular weight is 662 g/mol. The number of hydrogen-bond donors (Lipinski definition) is 0. The molecule has 2 aromatic heterocycles. The van der Waals surface area contributed by atoms with Crippen LogP contribution in [0.25, 0.3) is 88.4 Å². The Morgan fingerprint density at radius 2 is 0.750 bits per heavy atom. The van der Waals surface area contributed by atoms with Gasteiger partial charge >= 0.3 is 0 Å². The third-order valence-corrected chi connectivity index (χ3v) is 10.3. The fraction of sp³-hybridized carbons (Fsp3) is 0. The topological polar surface area (TPSA) is 33.6 Å². The second kappa shape index (κ2) is 12.0. The minimum atomic E-state index is 0.653. The van der Waals surface area contributed by atoms with E-state index in [1.165, 1.54) is 44.1 Å². The summed E-state index contributed by atoms with van der Waals surface area (Å²) in [5.74, 6) is 0. The molecule has 0 fully saturated rings. The zero-order valence-corrected chi connectivity index (χ0v) is 28.2. The fourth-order valence-electron chi connectivity index (χ4n) is 7.87. The van der Waals surface area contributed by atoms with Gasteiger partial charge in [0.1, 0.15) is 0 Å². The zero-order chi connectivity index (χ0) is 34.6. The fourth-order valence-corrected chi connectivity index (χ4v) is 7.87. The lowest BCUT2D eigenvalue weighted by molar-refractivity contribution is 1.18. The van der Waals surface area contributed by atoms with Crippen LogP contribution in [0, 0.1) is 11.3 Å². The lowest BCUT2D eigenvalue weighted by atomic mass is 9.97. The molecule has 0 aliphatic carbocycles. The first-order valence-electron chi connectivity index (χ1n) is 17.6. The number of nitrogens with zero attached hydrogens (tertiary/aromatic N) is 3. The van der Waals surface area contributed by atoms with E-state index < -0.39 is 0 Å². The summed E-state index contributed by atoms with van der Waals surface area (Å²) in [6, 6.07) is 69.2. The molecule has 3 heteroatoms. The average Bonchev–Trinajstić information content (AvgIpc) is 3.73. The highest BCUT2D eigenvalue weighted by Crippen LogP contribution is 2.40. The highest BCUT2D eigenvalue weighted by molar-refractivity contribution is 6.13. The quantitative estimate of drug-likeness (QED) is 0.181. The standard InChI is InChI=1S/C49H31N3/c50-32-33-19-23-42-44-29-37(21-25-46(44)51(48(42)27-33)40-15-6-2-7-16-40)38-22-26-47-45(30-38)43-24-20-39(31-49(43)52(47)41-17-8-3-9-18-41)36-14-10-13-35(28-36)34-11-4-1-5-12-34/h1-31H. The van der Waals surface area contributed by atoms with E-state index in [1.54, 1.807) is 0 Å². The van der Waals surface area contributed by atoms with Crippen LogP contribution in [0.1, 0.15) is 5.56 Å². The van der Waals surface area contributed by atoms with Crippen LogP contribution < -0.4 is 0 Å². The molecule has 0 unspecified atom stereocenters. The van der Waals surface area contributed by atoms with Gasteiger partial charge in [-0.15, -0.1) is 0 Å². The molecule has 52 heavy (non-hydrogen) atoms. The Morgan fingerprint density at radius 3 is 1.33 bits per heavy atom. The molecule has 0 amide bonds. The molecule has 2 heterocycles. The van der Waals surface area contributed by atoms with Crippen LogP contribution in [0.15, 0.2) is 188 Å². The number of nitriles is 1. The number of aromatic nitrogens is 2. The second-order valence-corrected chi connectivity index (χ2v) is 13.3. The van der Waals surface area contributed by atoms with Crippen molar-refractivity contribution < 1.29 is 0 Å². The molecule has 0 radical (unpaired) electrons. The molecule has 242 valence electrons. The van der Waals surface area contributed by atoms with Crippen molar-refractivity contribution in [1.82, 2.24) is 9.13 Å². The summed E-state index contributed by atoms with van der Waals surface area (Å²) < 4.78 is 4.65. The van der Waals surface area contributed by atoms with Crippen molar-refractivity contribution in [2.45, 2.75) is 0 Å². The predicted octanol–water partition coefficient (Wildman–Crippen LogP) is 12.8. The summed E-state index contributed by atoms with van der Waals surface area (Å²) in [6.45, 7) is 0. The molecular formula is C49H31N3. The number of fused-ring (bicyclic) bond motifs is 6. The van der Waals surface area contributed by atoms with E-state index in [-0.39, 0.29) is 0 Å². The molecular weight excluding hydrogens is 631 g/mol. The van der Waals surface area contributed by atoms with E-state index in [9.17, 15) is 5.26 Å². The normalized spacial score (nSPS) is 11.4. The van der Waals surface area contributed by atoms with E-state index in [2.05, 4.69) is 185 Å². The highest BCUT2D eigenvalue weighted by Gasteiger charge is 2.17. The van der Waals surface area contributed by atoms with Gasteiger partial charge in [-0.1, -0.05) is 115 Å². The summed E-state index contributed by atoms with van der Waals surface area (Å²) in [7, 11) is 0. The molecule has 0 N–H and O–H groups in total. The smallest absolute Gasteiger partial charge is 0.0992 e. The second-order valence-electron chi connectivity index (χ2n) is 13.3. The van der Waals surface area contributed by atoms with Crippen LogP contribution in [-0.4, -0.2) is 9.13 Å². The maximum absolute atomic E-state index is 9.73. The molecule has 0 saturated carbocycles. The molecule has 0 saturated heterocycles. The third kappa shape index (κ3) is 4.81. The number of para-hydroxylation sites is 2. The summed E-state index contributed by atoms with van der Waals surface area (Å²) in [5.41, 5.74) is 14.5. The Morgan fingerprint density at radius 1 is 0.308 bits per heavy atom. The Bertz CT molecular complexity index is 3000. The first kappa shape index (κ1) is 29.7. The monoisotopic (exact) mass is 661 g/mol. The maximum Gasteiger partial charge on any atom is 0.0992 e. The van der Waals surface area contributed by atoms with Crippen molar-refractivity contribution in [3.63, 3.8) is 0 Å². The Kier molecular flexibility index (Phi) is 6.87. The predicted molar refractivity (Wildman–Crippen MR) is 216 cm³/mol. The molecule has 0 aliphatic heterocycles. The molecule has 10 rings (SSSR count). The van der Waals surface area contributed by atoms with Gasteiger partial charge in [-0.25, -0.2) is 0 Å². The van der Waals surface area contributed by atoms with Crippen molar-refractivity contribution in [3.8, 4) is 50.8 Å². The van der Waals surface area contributed by atoms with Gasteiger partial charge < -0.3 is 9.13 Å². The van der Waals surface area contributed by atoms with E-state index >= 15 is 0 Å². The van der Waals surface area contributed by atoms with E-state index in [4.69, 9.17) is 0 Å². The van der Waals surface area contributed by atoms with Gasteiger partial charge in [0.25, 0.3) is 0 Å². The lowest BCUT2D eigenvalue weighted by Crippen LogP contribution is -1.94. The minimum absolute atomic E-state index is 0.653. The SMILES string of the molecule is N#Cc1ccc2c3cc(-c4ccc5c(c4)c4ccc(-c6cccc(-c7ccccc7)c6)cc4n5-c4ccccc4)ccc3n(-c3ccccc3)c2c1. The molecule has 0 atom stereocenters. The van der Waals surface area contributed by atoms with Crippen molar-refractivity contribution >= 4 is 43.6 Å². The van der Waals surface area contributed by atoms with Crippen LogP contribution in [-0.2, 0) is 0 Å². The number of hydrogen-bond acceptors (Lipinski definition) is 1. The van der Waals surface area contributed by atoms with E-state index in [1.807, 2.05) is 18.2 Å². The first-order valence-corrected chi connectivity index (χ1v) is 17.6. The number of rotatable bonds is 5. The highest BCUT2D eigenvalue weighted by atomic mass is 15.0. The van der Waals surface area contributed by atoms with Gasteiger partial charge in [0, 0.05) is 32.9 Å². The van der Waals surface area contributed by atoms with Gasteiger partial charge in [-0.3, -0.25) is 0 Å². The summed E-state index contributed by atoms with van der Waals surface area (Å²) in [5, 5.41) is 14.5. The molecule has 0 aliphatic rings. The van der Waals surface area contributed by atoms with Gasteiger partial charge in [0.2, 0.25) is 0 Å². The number of benzene rings is 8. The Labute approximate surface area is 301 Å². The summed E-state index contributed by atoms with van der Waals surface area (Å²) in [4.78, 5) is 0. The maximum atomic E-state index is 9.73.